The Kier molecular flexibility index (Phi) is 4.28. The van der Waals surface area contributed by atoms with Crippen LogP contribution < -0.4 is 16.7 Å². The molecule has 0 amide bonds. The lowest BCUT2D eigenvalue weighted by Crippen LogP contribution is -2.20. The van der Waals surface area contributed by atoms with Crippen molar-refractivity contribution in [2.45, 2.75) is 6.54 Å². The number of hydrogen-bond donors (Lipinski definition) is 3. The van der Waals surface area contributed by atoms with Crippen molar-refractivity contribution in [3.63, 3.8) is 0 Å². The molecule has 8 nitrogen and oxygen atoms in total. The van der Waals surface area contributed by atoms with E-state index in [2.05, 4.69) is 15.4 Å². The van der Waals surface area contributed by atoms with Gasteiger partial charge in [-0.3, -0.25) is 0 Å². The van der Waals surface area contributed by atoms with Gasteiger partial charge >= 0.3 is 5.69 Å². The van der Waals surface area contributed by atoms with Crippen LogP contribution in [0.5, 0.6) is 5.75 Å². The maximum absolute atomic E-state index is 14.1. The van der Waals surface area contributed by atoms with Gasteiger partial charge in [0.2, 0.25) is 5.65 Å². The summed E-state index contributed by atoms with van der Waals surface area (Å²) in [5.74, 6) is -0.564. The Balaban J connectivity index is 1.63. The SMILES string of the molecule is Nc1nc2c(NCc3ccc(O)cc3F)cccc2n2c(=O)n(-c3ccccc3)nc12. The second kappa shape index (κ2) is 7.13. The van der Waals surface area contributed by atoms with E-state index in [-0.39, 0.29) is 29.4 Å². The van der Waals surface area contributed by atoms with Crippen molar-refractivity contribution < 1.29 is 9.50 Å². The Labute approximate surface area is 175 Å². The molecule has 9 heteroatoms. The van der Waals surface area contributed by atoms with E-state index in [1.807, 2.05) is 18.2 Å². The smallest absolute Gasteiger partial charge is 0.355 e. The van der Waals surface area contributed by atoms with Crippen molar-refractivity contribution in [2.24, 2.45) is 0 Å². The van der Waals surface area contributed by atoms with Crippen LogP contribution in [0, 0.1) is 5.82 Å². The van der Waals surface area contributed by atoms with Gasteiger partial charge in [-0.25, -0.2) is 18.6 Å². The van der Waals surface area contributed by atoms with Crippen LogP contribution in [-0.4, -0.2) is 24.3 Å². The lowest BCUT2D eigenvalue weighted by molar-refractivity contribution is 0.468. The molecule has 2 aromatic heterocycles. The number of hydrogen-bond acceptors (Lipinski definition) is 6. The number of para-hydroxylation sites is 2. The number of halogens is 1. The van der Waals surface area contributed by atoms with Crippen molar-refractivity contribution >= 4 is 28.2 Å². The molecule has 2 heterocycles. The fourth-order valence-corrected chi connectivity index (χ4v) is 3.50. The first kappa shape index (κ1) is 18.6. The number of aromatic nitrogens is 4. The number of benzene rings is 3. The number of rotatable bonds is 4. The third-order valence-electron chi connectivity index (χ3n) is 5.00. The Morgan fingerprint density at radius 2 is 1.87 bits per heavy atom. The van der Waals surface area contributed by atoms with E-state index in [0.29, 0.717) is 28.0 Å². The van der Waals surface area contributed by atoms with E-state index in [1.54, 1.807) is 30.3 Å². The minimum atomic E-state index is -0.525. The van der Waals surface area contributed by atoms with Gasteiger partial charge in [0.25, 0.3) is 0 Å². The van der Waals surface area contributed by atoms with Crippen LogP contribution in [0.2, 0.25) is 0 Å². The third-order valence-corrected chi connectivity index (χ3v) is 5.00. The normalized spacial score (nSPS) is 11.3. The molecule has 0 saturated heterocycles. The van der Waals surface area contributed by atoms with Gasteiger partial charge in [-0.2, -0.15) is 4.68 Å². The fraction of sp³-hybridized carbons (Fsp3) is 0.0455. The van der Waals surface area contributed by atoms with Crippen LogP contribution in [0.3, 0.4) is 0 Å². The number of aromatic hydroxyl groups is 1. The summed E-state index contributed by atoms with van der Waals surface area (Å²) in [5, 5.41) is 16.9. The third kappa shape index (κ3) is 3.12. The second-order valence-electron chi connectivity index (χ2n) is 6.99. The Bertz CT molecular complexity index is 1490. The van der Waals surface area contributed by atoms with Crippen molar-refractivity contribution in [3.8, 4) is 11.4 Å². The van der Waals surface area contributed by atoms with E-state index >= 15 is 0 Å². The number of phenols is 1. The number of nitrogens with two attached hydrogens (primary N) is 1. The van der Waals surface area contributed by atoms with Crippen LogP contribution in [0.25, 0.3) is 22.4 Å². The predicted octanol–water partition coefficient (Wildman–Crippen LogP) is 3.07. The molecule has 154 valence electrons. The van der Waals surface area contributed by atoms with Crippen molar-refractivity contribution in [1.29, 1.82) is 0 Å². The number of nitrogens with zero attached hydrogens (tertiary/aromatic N) is 4. The molecule has 3 aromatic carbocycles. The monoisotopic (exact) mass is 416 g/mol. The largest absolute Gasteiger partial charge is 0.508 e. The number of fused-ring (bicyclic) bond motifs is 3. The van der Waals surface area contributed by atoms with Gasteiger partial charge in [0.05, 0.1) is 16.9 Å². The lowest BCUT2D eigenvalue weighted by Gasteiger charge is -2.11. The summed E-state index contributed by atoms with van der Waals surface area (Å²) in [4.78, 5) is 17.6. The van der Waals surface area contributed by atoms with Gasteiger partial charge in [-0.15, -0.1) is 5.10 Å². The minimum absolute atomic E-state index is 0.101. The summed E-state index contributed by atoms with van der Waals surface area (Å²) >= 11 is 0. The van der Waals surface area contributed by atoms with Crippen LogP contribution in [0.1, 0.15) is 5.56 Å². The first-order chi connectivity index (χ1) is 15.0. The molecule has 0 bridgehead atoms. The highest BCUT2D eigenvalue weighted by Crippen LogP contribution is 2.25. The molecule has 0 aliphatic heterocycles. The molecule has 0 saturated carbocycles. The molecule has 0 fully saturated rings. The van der Waals surface area contributed by atoms with E-state index < -0.39 is 5.82 Å². The molecule has 0 atom stereocenters. The number of anilines is 2. The Morgan fingerprint density at radius 3 is 2.65 bits per heavy atom. The van der Waals surface area contributed by atoms with E-state index in [0.717, 1.165) is 6.07 Å². The van der Waals surface area contributed by atoms with Crippen molar-refractivity contribution in [2.75, 3.05) is 11.1 Å². The average molecular weight is 416 g/mol. The number of nitrogen functional groups attached to an aromatic ring is 1. The molecular weight excluding hydrogens is 399 g/mol. The van der Waals surface area contributed by atoms with Crippen LogP contribution in [0.15, 0.2) is 71.5 Å². The molecule has 0 radical (unpaired) electrons. The Morgan fingerprint density at radius 1 is 1.06 bits per heavy atom. The zero-order valence-electron chi connectivity index (χ0n) is 16.2. The van der Waals surface area contributed by atoms with Gasteiger partial charge in [-0.1, -0.05) is 30.3 Å². The highest BCUT2D eigenvalue weighted by molar-refractivity contribution is 5.91. The molecular formula is C22H17FN6O2. The maximum Gasteiger partial charge on any atom is 0.355 e. The van der Waals surface area contributed by atoms with Gasteiger partial charge < -0.3 is 16.2 Å². The van der Waals surface area contributed by atoms with Gasteiger partial charge in [0.1, 0.15) is 17.1 Å². The Hall–Kier alpha value is -4.40. The van der Waals surface area contributed by atoms with Crippen molar-refractivity contribution in [3.05, 3.63) is 88.6 Å². The van der Waals surface area contributed by atoms with Crippen LogP contribution in [-0.2, 0) is 6.54 Å². The summed E-state index contributed by atoms with van der Waals surface area (Å²) in [6.07, 6.45) is 0. The molecule has 0 spiro atoms. The first-order valence-corrected chi connectivity index (χ1v) is 9.49. The summed E-state index contributed by atoms with van der Waals surface area (Å²) < 4.78 is 16.8. The van der Waals surface area contributed by atoms with Gasteiger partial charge in [-0.05, 0) is 30.3 Å². The predicted molar refractivity (Wildman–Crippen MR) is 116 cm³/mol. The molecule has 5 aromatic rings. The van der Waals surface area contributed by atoms with Crippen molar-refractivity contribution in [1.82, 2.24) is 19.2 Å². The second-order valence-corrected chi connectivity index (χ2v) is 6.99. The van der Waals surface area contributed by atoms with Gasteiger partial charge in [0, 0.05) is 18.2 Å². The summed E-state index contributed by atoms with van der Waals surface area (Å²) in [5.41, 5.74) is 8.56. The summed E-state index contributed by atoms with van der Waals surface area (Å²) in [6, 6.07) is 18.3. The van der Waals surface area contributed by atoms with E-state index in [1.165, 1.54) is 21.2 Å². The molecule has 0 aliphatic rings. The molecule has 31 heavy (non-hydrogen) atoms. The number of nitrogens with one attached hydrogen (secondary N) is 1. The molecule has 0 aliphatic carbocycles. The molecule has 4 N–H and O–H groups in total. The zero-order valence-corrected chi connectivity index (χ0v) is 16.2. The fourth-order valence-electron chi connectivity index (χ4n) is 3.50. The quantitative estimate of drug-likeness (QED) is 0.415. The topological polar surface area (TPSA) is 110 Å². The van der Waals surface area contributed by atoms with Crippen LogP contribution >= 0.6 is 0 Å². The van der Waals surface area contributed by atoms with E-state index in [4.69, 9.17) is 5.73 Å². The minimum Gasteiger partial charge on any atom is -0.508 e. The highest BCUT2D eigenvalue weighted by Gasteiger charge is 2.17. The summed E-state index contributed by atoms with van der Waals surface area (Å²) in [6.45, 7) is 0.156. The lowest BCUT2D eigenvalue weighted by atomic mass is 10.2. The molecule has 0 unspecified atom stereocenters. The maximum atomic E-state index is 14.1. The highest BCUT2D eigenvalue weighted by atomic mass is 19.1. The number of phenolic OH excluding ortho intramolecular Hbond substituents is 1. The van der Waals surface area contributed by atoms with Crippen LogP contribution in [0.4, 0.5) is 15.9 Å². The first-order valence-electron chi connectivity index (χ1n) is 9.49. The summed E-state index contributed by atoms with van der Waals surface area (Å²) in [7, 11) is 0. The average Bonchev–Trinajstić information content (AvgIpc) is 3.12. The van der Waals surface area contributed by atoms with Gasteiger partial charge in [0.15, 0.2) is 5.82 Å². The van der Waals surface area contributed by atoms with E-state index in [9.17, 15) is 14.3 Å². The zero-order chi connectivity index (χ0) is 21.5. The standard InChI is InChI=1S/C22H17FN6O2/c23-16-11-15(30)10-9-13(16)12-25-17-7-4-8-18-19(17)26-20(24)21-27-29(22(31)28(18)21)14-5-2-1-3-6-14/h1-11,25,30H,12H2,(H2,24,26). The molecule has 5 rings (SSSR count).